The lowest BCUT2D eigenvalue weighted by molar-refractivity contribution is -0.917. The van der Waals surface area contributed by atoms with Crippen molar-refractivity contribution in [1.82, 2.24) is 0 Å². The topological polar surface area (TPSA) is 58.6 Å². The Kier molecular flexibility index (Phi) is 11.3. The maximum atomic E-state index is 9.63. The van der Waals surface area contributed by atoms with E-state index in [1.165, 1.54) is 11.8 Å². The molecule has 0 radical (unpaired) electrons. The Bertz CT molecular complexity index is 233. The van der Waals surface area contributed by atoms with Crippen molar-refractivity contribution >= 4 is 17.7 Å². The van der Waals surface area contributed by atoms with E-state index in [0.29, 0.717) is 5.75 Å². The number of carbonyl (C=O) groups excluding carboxylic acids is 1. The molecular formula is C13H27NO4S. The molecule has 0 amide bonds. The molecule has 1 aliphatic rings. The number of carboxylic acid groups (broad SMARTS) is 1. The van der Waals surface area contributed by atoms with E-state index in [9.17, 15) is 9.90 Å². The van der Waals surface area contributed by atoms with Crippen molar-refractivity contribution in [3.63, 3.8) is 0 Å². The highest BCUT2D eigenvalue weighted by molar-refractivity contribution is 7.98. The smallest absolute Gasteiger partial charge is 0.102 e. The molecule has 0 saturated carbocycles. The molecule has 0 aromatic rings. The molecule has 0 N–H and O–H groups in total. The minimum atomic E-state index is -0.964. The lowest BCUT2D eigenvalue weighted by Gasteiger charge is -2.37. The van der Waals surface area contributed by atoms with Crippen LogP contribution in [-0.2, 0) is 14.3 Å². The van der Waals surface area contributed by atoms with E-state index < -0.39 is 5.97 Å². The Hall–Kier alpha value is -0.300. The Labute approximate surface area is 120 Å². The molecule has 114 valence electrons. The highest BCUT2D eigenvalue weighted by atomic mass is 32.2. The van der Waals surface area contributed by atoms with Gasteiger partial charge in [0, 0.05) is 12.6 Å². The largest absolute Gasteiger partial charge is 0.550 e. The Morgan fingerprint density at radius 3 is 2.47 bits per heavy atom. The van der Waals surface area contributed by atoms with Crippen LogP contribution < -0.4 is 5.11 Å². The van der Waals surface area contributed by atoms with Gasteiger partial charge in [-0.3, -0.25) is 0 Å². The van der Waals surface area contributed by atoms with Crippen molar-refractivity contribution in [3.8, 4) is 0 Å². The minimum absolute atomic E-state index is 0.168. The summed E-state index contributed by atoms with van der Waals surface area (Å²) in [7, 11) is 2.28. The summed E-state index contributed by atoms with van der Waals surface area (Å²) < 4.78 is 11.8. The van der Waals surface area contributed by atoms with Gasteiger partial charge in [-0.1, -0.05) is 0 Å². The number of hydrogen-bond donors (Lipinski definition) is 0. The number of carbonyl (C=O) groups is 1. The van der Waals surface area contributed by atoms with Crippen molar-refractivity contribution in [2.75, 3.05) is 65.1 Å². The summed E-state index contributed by atoms with van der Waals surface area (Å²) in [5.74, 6) is -0.308. The van der Waals surface area contributed by atoms with Gasteiger partial charge in [0.15, 0.2) is 0 Å². The normalized spacial score (nSPS) is 17.4. The molecule has 0 bridgehead atoms. The average Bonchev–Trinajstić information content (AvgIpc) is 2.38. The van der Waals surface area contributed by atoms with E-state index in [4.69, 9.17) is 9.47 Å². The quantitative estimate of drug-likeness (QED) is 0.488. The zero-order valence-electron chi connectivity index (χ0n) is 12.4. The molecule has 1 saturated heterocycles. The second-order valence-electron chi connectivity index (χ2n) is 4.71. The first-order valence-electron chi connectivity index (χ1n) is 6.72. The van der Waals surface area contributed by atoms with Crippen LogP contribution in [0.15, 0.2) is 0 Å². The van der Waals surface area contributed by atoms with Gasteiger partial charge in [-0.05, 0) is 25.4 Å². The number of nitrogens with zero attached hydrogens (tertiary/aromatic N) is 1. The molecule has 1 rings (SSSR count). The van der Waals surface area contributed by atoms with Gasteiger partial charge >= 0.3 is 0 Å². The van der Waals surface area contributed by atoms with Crippen LogP contribution in [0.1, 0.15) is 13.3 Å². The van der Waals surface area contributed by atoms with Crippen LogP contribution in [0.4, 0.5) is 0 Å². The predicted octanol–water partition coefficient (Wildman–Crippen LogP) is -0.0109. The Morgan fingerprint density at radius 2 is 2.05 bits per heavy atom. The molecular weight excluding hydrogens is 266 g/mol. The van der Waals surface area contributed by atoms with Gasteiger partial charge in [0.1, 0.15) is 19.6 Å². The van der Waals surface area contributed by atoms with Crippen LogP contribution in [0.2, 0.25) is 0 Å². The summed E-state index contributed by atoms with van der Waals surface area (Å²) in [5, 5.41) is 9.63. The molecule has 5 nitrogen and oxygen atoms in total. The number of quaternary nitrogens is 1. The summed E-state index contributed by atoms with van der Waals surface area (Å²) in [6.07, 6.45) is 2.03. The lowest BCUT2D eigenvalue weighted by atomic mass is 10.3. The lowest BCUT2D eigenvalue weighted by Crippen LogP contribution is -2.53. The van der Waals surface area contributed by atoms with Crippen molar-refractivity contribution < 1.29 is 23.9 Å². The molecule has 6 heteroatoms. The van der Waals surface area contributed by atoms with Gasteiger partial charge in [0.25, 0.3) is 0 Å². The first-order chi connectivity index (χ1) is 9.04. The zero-order valence-corrected chi connectivity index (χ0v) is 13.2. The molecule has 0 aromatic heterocycles. The summed E-state index contributed by atoms with van der Waals surface area (Å²) in [6.45, 7) is 8.95. The third-order valence-electron chi connectivity index (χ3n) is 3.04. The molecule has 1 heterocycles. The van der Waals surface area contributed by atoms with Crippen LogP contribution in [0.25, 0.3) is 0 Å². The minimum Gasteiger partial charge on any atom is -0.550 e. The van der Waals surface area contributed by atoms with E-state index in [2.05, 4.69) is 7.05 Å². The second-order valence-corrected chi connectivity index (χ2v) is 5.70. The summed E-state index contributed by atoms with van der Waals surface area (Å²) in [6, 6.07) is 0. The monoisotopic (exact) mass is 293 g/mol. The van der Waals surface area contributed by atoms with Crippen molar-refractivity contribution in [3.05, 3.63) is 0 Å². The van der Waals surface area contributed by atoms with E-state index in [0.717, 1.165) is 50.5 Å². The first kappa shape index (κ1) is 18.7. The van der Waals surface area contributed by atoms with Crippen LogP contribution >= 0.6 is 11.8 Å². The van der Waals surface area contributed by atoms with Gasteiger partial charge in [-0.15, -0.1) is 0 Å². The zero-order chi connectivity index (χ0) is 14.6. The number of thioether (sulfide) groups is 1. The number of morpholine rings is 1. The number of aliphatic carboxylic acids is 1. The fraction of sp³-hybridized carbons (Fsp3) is 0.923. The third kappa shape index (κ3) is 11.2. The third-order valence-corrected chi connectivity index (χ3v) is 3.65. The second kappa shape index (κ2) is 11.5. The van der Waals surface area contributed by atoms with Crippen molar-refractivity contribution in [2.45, 2.75) is 13.3 Å². The molecule has 0 unspecified atom stereocenters. The molecule has 1 aliphatic heterocycles. The van der Waals surface area contributed by atoms with Crippen LogP contribution in [-0.4, -0.2) is 75.6 Å². The summed E-state index contributed by atoms with van der Waals surface area (Å²) in [5.41, 5.74) is 0. The van der Waals surface area contributed by atoms with Gasteiger partial charge < -0.3 is 23.9 Å². The van der Waals surface area contributed by atoms with E-state index in [-0.39, 0.29) is 6.42 Å². The number of ether oxygens (including phenoxy) is 2. The van der Waals surface area contributed by atoms with Crippen LogP contribution in [0, 0.1) is 0 Å². The fourth-order valence-corrected chi connectivity index (χ4v) is 1.99. The Balaban J connectivity index is 0.000000399. The number of hydrogen-bond acceptors (Lipinski definition) is 5. The predicted molar refractivity (Wildman–Crippen MR) is 76.1 cm³/mol. The molecule has 19 heavy (non-hydrogen) atoms. The standard InChI is InChI=1S/C9H20NO2.C4H8O2S/c1-3-11-7-4-10(2)5-8-12-9-6-10;1-7-3-2-4(5)6/h3-9H2,1-2H3;2-3H2,1H3,(H,5,6)/q+1;/p-1. The molecule has 0 atom stereocenters. The van der Waals surface area contributed by atoms with Gasteiger partial charge in [-0.25, -0.2) is 0 Å². The summed E-state index contributed by atoms with van der Waals surface area (Å²) >= 11 is 1.51. The highest BCUT2D eigenvalue weighted by Crippen LogP contribution is 2.06. The van der Waals surface area contributed by atoms with Crippen LogP contribution in [0.3, 0.4) is 0 Å². The number of likely N-dealkylation sites (N-methyl/N-ethyl adjacent to an activating group) is 1. The maximum Gasteiger partial charge on any atom is 0.102 e. The van der Waals surface area contributed by atoms with Crippen molar-refractivity contribution in [2.24, 2.45) is 0 Å². The number of carboxylic acids is 1. The first-order valence-corrected chi connectivity index (χ1v) is 8.11. The van der Waals surface area contributed by atoms with E-state index in [1.807, 2.05) is 13.2 Å². The van der Waals surface area contributed by atoms with E-state index >= 15 is 0 Å². The molecule has 0 aromatic carbocycles. The number of rotatable bonds is 7. The summed E-state index contributed by atoms with van der Waals surface area (Å²) in [4.78, 5) is 9.63. The molecule has 0 spiro atoms. The van der Waals surface area contributed by atoms with E-state index in [1.54, 1.807) is 0 Å². The molecule has 1 fully saturated rings. The van der Waals surface area contributed by atoms with Gasteiger partial charge in [0.2, 0.25) is 0 Å². The van der Waals surface area contributed by atoms with Crippen LogP contribution in [0.5, 0.6) is 0 Å². The van der Waals surface area contributed by atoms with Gasteiger partial charge in [-0.2, -0.15) is 11.8 Å². The van der Waals surface area contributed by atoms with Gasteiger partial charge in [0.05, 0.1) is 26.9 Å². The van der Waals surface area contributed by atoms with Crippen molar-refractivity contribution in [1.29, 1.82) is 0 Å². The average molecular weight is 293 g/mol. The Morgan fingerprint density at radius 1 is 1.42 bits per heavy atom. The maximum absolute atomic E-state index is 9.63. The molecule has 0 aliphatic carbocycles. The SMILES string of the molecule is CCOCC[N+]1(C)CCOCC1.CSCCC(=O)[O-]. The fourth-order valence-electron chi connectivity index (χ4n) is 1.62. The highest BCUT2D eigenvalue weighted by Gasteiger charge is 2.24.